The molecule has 9 heteroatoms. The number of carbonyl (C=O) groups is 1. The van der Waals surface area contributed by atoms with E-state index in [9.17, 15) is 9.18 Å². The number of carbonyl (C=O) groups excluding carboxylic acids is 1. The zero-order valence-electron chi connectivity index (χ0n) is 18.1. The Morgan fingerprint density at radius 3 is 2.77 bits per heavy atom. The highest BCUT2D eigenvalue weighted by atomic mass is 19.1. The Labute approximate surface area is 179 Å². The van der Waals surface area contributed by atoms with Gasteiger partial charge in [-0.05, 0) is 50.5 Å². The van der Waals surface area contributed by atoms with Crippen LogP contribution < -0.4 is 4.90 Å². The molecule has 160 valence electrons. The fourth-order valence-electron chi connectivity index (χ4n) is 4.68. The third-order valence-electron chi connectivity index (χ3n) is 6.32. The van der Waals surface area contributed by atoms with E-state index < -0.39 is 0 Å². The van der Waals surface area contributed by atoms with Gasteiger partial charge in [-0.15, -0.1) is 10.2 Å². The molecule has 8 nitrogen and oxygen atoms in total. The maximum atomic E-state index is 14.3. The molecule has 0 radical (unpaired) electrons. The largest absolute Gasteiger partial charge is 0.348 e. The fourth-order valence-corrected chi connectivity index (χ4v) is 4.68. The first-order chi connectivity index (χ1) is 14.8. The summed E-state index contributed by atoms with van der Waals surface area (Å²) in [6.07, 6.45) is 1.73. The molecule has 4 heterocycles. The molecular formula is C22H24FN7O. The summed E-state index contributed by atoms with van der Waals surface area (Å²) >= 11 is 0. The molecule has 0 N–H and O–H groups in total. The summed E-state index contributed by atoms with van der Waals surface area (Å²) in [4.78, 5) is 22.1. The van der Waals surface area contributed by atoms with Crippen molar-refractivity contribution in [3.05, 3.63) is 52.2 Å². The number of hydrogen-bond donors (Lipinski definition) is 0. The van der Waals surface area contributed by atoms with Crippen LogP contribution in [0.2, 0.25) is 0 Å². The molecule has 1 aromatic carbocycles. The monoisotopic (exact) mass is 421 g/mol. The second-order valence-corrected chi connectivity index (χ2v) is 8.32. The molecule has 1 fully saturated rings. The molecule has 1 saturated heterocycles. The van der Waals surface area contributed by atoms with Crippen LogP contribution in [-0.4, -0.2) is 49.4 Å². The molecule has 3 aromatic rings. The van der Waals surface area contributed by atoms with E-state index in [4.69, 9.17) is 4.98 Å². The van der Waals surface area contributed by atoms with Crippen LogP contribution in [0.3, 0.4) is 0 Å². The van der Waals surface area contributed by atoms with E-state index in [0.717, 1.165) is 36.5 Å². The van der Waals surface area contributed by atoms with Gasteiger partial charge in [-0.25, -0.2) is 9.37 Å². The number of aromatic nitrogens is 5. The van der Waals surface area contributed by atoms with Gasteiger partial charge in [0, 0.05) is 31.9 Å². The number of nitrogens with zero attached hydrogens (tertiary/aromatic N) is 7. The molecular weight excluding hydrogens is 397 g/mol. The summed E-state index contributed by atoms with van der Waals surface area (Å²) < 4.78 is 16.1. The number of amides is 1. The Morgan fingerprint density at radius 2 is 1.97 bits per heavy atom. The van der Waals surface area contributed by atoms with E-state index >= 15 is 0 Å². The van der Waals surface area contributed by atoms with Crippen molar-refractivity contribution >= 4 is 11.7 Å². The van der Waals surface area contributed by atoms with Crippen molar-refractivity contribution in [1.82, 2.24) is 29.9 Å². The van der Waals surface area contributed by atoms with Gasteiger partial charge < -0.3 is 9.80 Å². The van der Waals surface area contributed by atoms with E-state index in [0.29, 0.717) is 28.3 Å². The van der Waals surface area contributed by atoms with Crippen LogP contribution in [0.5, 0.6) is 0 Å². The zero-order valence-corrected chi connectivity index (χ0v) is 18.1. The molecule has 0 unspecified atom stereocenters. The van der Waals surface area contributed by atoms with Gasteiger partial charge in [0.25, 0.3) is 5.91 Å². The van der Waals surface area contributed by atoms with E-state index in [1.54, 1.807) is 22.7 Å². The van der Waals surface area contributed by atoms with Crippen molar-refractivity contribution in [2.75, 3.05) is 18.5 Å². The number of hydrogen-bond acceptors (Lipinski definition) is 6. The minimum absolute atomic E-state index is 0.153. The summed E-state index contributed by atoms with van der Waals surface area (Å²) in [6.45, 7) is 4.87. The van der Waals surface area contributed by atoms with Gasteiger partial charge in [-0.1, -0.05) is 0 Å². The standard InChI is InChI=1S/C22H24FN7O/c1-12-21-24-20(26-25-12)19-13(2)29(4)27-17(19)11-28(3)22(31)15-8-7-14(23)10-16(15)18-6-5-9-30(18)21/h7-8,10,18H,5-6,9,11H2,1-4H3/t18-/m1/s1. The minimum Gasteiger partial charge on any atom is -0.348 e. The highest BCUT2D eigenvalue weighted by molar-refractivity contribution is 5.96. The number of benzene rings is 1. The number of rotatable bonds is 0. The molecule has 2 aliphatic rings. The van der Waals surface area contributed by atoms with Crippen molar-refractivity contribution in [3.63, 3.8) is 0 Å². The number of aryl methyl sites for hydroxylation is 2. The molecule has 5 rings (SSSR count). The first-order valence-corrected chi connectivity index (χ1v) is 10.4. The fraction of sp³-hybridized carbons (Fsp3) is 0.409. The molecule has 2 aromatic heterocycles. The van der Waals surface area contributed by atoms with Crippen molar-refractivity contribution in [2.24, 2.45) is 7.05 Å². The molecule has 2 aliphatic heterocycles. The van der Waals surface area contributed by atoms with E-state index in [-0.39, 0.29) is 24.3 Å². The Balaban J connectivity index is 1.79. The van der Waals surface area contributed by atoms with Crippen LogP contribution in [0.4, 0.5) is 10.2 Å². The summed E-state index contributed by atoms with van der Waals surface area (Å²) in [5, 5.41) is 13.4. The van der Waals surface area contributed by atoms with Crippen LogP contribution in [-0.2, 0) is 13.6 Å². The molecule has 31 heavy (non-hydrogen) atoms. The molecule has 0 spiro atoms. The average molecular weight is 421 g/mol. The number of halogens is 1. The summed E-state index contributed by atoms with van der Waals surface area (Å²) in [5.74, 6) is 0.705. The lowest BCUT2D eigenvalue weighted by Crippen LogP contribution is -2.31. The zero-order chi connectivity index (χ0) is 21.9. The Kier molecular flexibility index (Phi) is 4.49. The predicted octanol–water partition coefficient (Wildman–Crippen LogP) is 2.96. The van der Waals surface area contributed by atoms with E-state index in [1.165, 1.54) is 12.1 Å². The van der Waals surface area contributed by atoms with Crippen molar-refractivity contribution in [1.29, 1.82) is 0 Å². The van der Waals surface area contributed by atoms with E-state index in [2.05, 4.69) is 20.2 Å². The van der Waals surface area contributed by atoms with Gasteiger partial charge in [0.2, 0.25) is 0 Å². The van der Waals surface area contributed by atoms with Gasteiger partial charge in [0.1, 0.15) is 11.5 Å². The summed E-state index contributed by atoms with van der Waals surface area (Å²) in [7, 11) is 3.60. The smallest absolute Gasteiger partial charge is 0.254 e. The molecule has 1 atom stereocenters. The van der Waals surface area contributed by atoms with Crippen LogP contribution in [0.15, 0.2) is 18.2 Å². The van der Waals surface area contributed by atoms with Gasteiger partial charge >= 0.3 is 0 Å². The Hall–Kier alpha value is -3.36. The summed E-state index contributed by atoms with van der Waals surface area (Å²) in [5.41, 5.74) is 4.31. The lowest BCUT2D eigenvalue weighted by Gasteiger charge is -2.30. The molecule has 0 saturated carbocycles. The average Bonchev–Trinajstić information content (AvgIpc) is 3.32. The van der Waals surface area contributed by atoms with Crippen LogP contribution in [0.1, 0.15) is 51.9 Å². The summed E-state index contributed by atoms with van der Waals surface area (Å²) in [6, 6.07) is 4.27. The predicted molar refractivity (Wildman–Crippen MR) is 113 cm³/mol. The Morgan fingerprint density at radius 1 is 1.16 bits per heavy atom. The van der Waals surface area contributed by atoms with E-state index in [1.807, 2.05) is 20.9 Å². The van der Waals surface area contributed by atoms with Crippen LogP contribution >= 0.6 is 0 Å². The second kappa shape index (κ2) is 7.11. The van der Waals surface area contributed by atoms with Crippen LogP contribution in [0.25, 0.3) is 11.4 Å². The van der Waals surface area contributed by atoms with Gasteiger partial charge in [0.15, 0.2) is 11.6 Å². The highest BCUT2D eigenvalue weighted by Gasteiger charge is 2.34. The second-order valence-electron chi connectivity index (χ2n) is 8.32. The van der Waals surface area contributed by atoms with Crippen molar-refractivity contribution in [2.45, 2.75) is 39.3 Å². The van der Waals surface area contributed by atoms with Crippen molar-refractivity contribution < 1.29 is 9.18 Å². The lowest BCUT2D eigenvalue weighted by molar-refractivity contribution is 0.0781. The first-order valence-electron chi connectivity index (χ1n) is 10.4. The maximum absolute atomic E-state index is 14.3. The van der Waals surface area contributed by atoms with Gasteiger partial charge in [-0.2, -0.15) is 5.10 Å². The first kappa shape index (κ1) is 19.6. The van der Waals surface area contributed by atoms with Gasteiger partial charge in [0.05, 0.1) is 23.8 Å². The third kappa shape index (κ3) is 3.07. The van der Waals surface area contributed by atoms with Crippen LogP contribution in [0, 0.1) is 19.7 Å². The maximum Gasteiger partial charge on any atom is 0.254 e. The third-order valence-corrected chi connectivity index (χ3v) is 6.32. The molecule has 1 amide bonds. The minimum atomic E-state index is -0.353. The topological polar surface area (TPSA) is 80.0 Å². The van der Waals surface area contributed by atoms with Crippen molar-refractivity contribution in [3.8, 4) is 11.4 Å². The van der Waals surface area contributed by atoms with Gasteiger partial charge in [-0.3, -0.25) is 9.48 Å². The normalized spacial score (nSPS) is 18.2. The molecule has 2 bridgehead atoms. The lowest BCUT2D eigenvalue weighted by atomic mass is 9.96. The quantitative estimate of drug-likeness (QED) is 0.555. The highest BCUT2D eigenvalue weighted by Crippen LogP contribution is 2.39. The number of fused-ring (bicyclic) bond motifs is 8. The number of anilines is 1. The molecule has 0 aliphatic carbocycles. The Bertz CT molecular complexity index is 1200. The SMILES string of the molecule is Cc1nnc2nc1N1CCC[C@@H]1c1cc(F)ccc1C(=O)N(C)Cc1nn(C)c(C)c1-2.